The maximum atomic E-state index is 3.37. The molecule has 1 nitrogen and oxygen atoms in total. The van der Waals surface area contributed by atoms with Crippen LogP contribution in [-0.2, 0) is 6.42 Å². The summed E-state index contributed by atoms with van der Waals surface area (Å²) < 4.78 is 0. The van der Waals surface area contributed by atoms with Gasteiger partial charge in [-0.3, -0.25) is 0 Å². The van der Waals surface area contributed by atoms with E-state index in [0.717, 1.165) is 13.0 Å². The number of aryl methyl sites for hydroxylation is 1. The third-order valence-electron chi connectivity index (χ3n) is 1.91. The third kappa shape index (κ3) is 2.57. The molecule has 0 saturated heterocycles. The van der Waals surface area contributed by atoms with E-state index in [0.29, 0.717) is 0 Å². The van der Waals surface area contributed by atoms with E-state index in [1.54, 1.807) is 0 Å². The van der Waals surface area contributed by atoms with Gasteiger partial charge in [0.2, 0.25) is 0 Å². The van der Waals surface area contributed by atoms with Crippen LogP contribution in [0.1, 0.15) is 25.8 Å². The van der Waals surface area contributed by atoms with Gasteiger partial charge in [-0.25, -0.2) is 0 Å². The van der Waals surface area contributed by atoms with Crippen molar-refractivity contribution in [3.8, 4) is 0 Å². The Bertz CT molecular complexity index is 230. The highest BCUT2D eigenvalue weighted by atomic mass is 14.9. The molecule has 0 aliphatic rings. The lowest BCUT2D eigenvalue weighted by Gasteiger charge is -2.05. The molecule has 1 heteroatoms. The van der Waals surface area contributed by atoms with E-state index in [4.69, 9.17) is 0 Å². The van der Waals surface area contributed by atoms with Gasteiger partial charge < -0.3 is 5.32 Å². The van der Waals surface area contributed by atoms with Crippen LogP contribution in [0.2, 0.25) is 0 Å². The van der Waals surface area contributed by atoms with Crippen molar-refractivity contribution in [1.29, 1.82) is 0 Å². The quantitative estimate of drug-likeness (QED) is 0.719. The Morgan fingerprint density at radius 2 is 2.08 bits per heavy atom. The molecule has 1 N–H and O–H groups in total. The van der Waals surface area contributed by atoms with Crippen molar-refractivity contribution >= 4 is 5.69 Å². The average Bonchev–Trinajstić information content (AvgIpc) is 2.15. The Hall–Kier alpha value is -0.980. The minimum Gasteiger partial charge on any atom is -0.385 e. The molecule has 1 aromatic rings. The molecule has 1 rings (SSSR count). The lowest BCUT2D eigenvalue weighted by Crippen LogP contribution is -1.99. The Kier molecular flexibility index (Phi) is 3.65. The molecule has 0 radical (unpaired) electrons. The molecule has 1 aromatic carbocycles. The van der Waals surface area contributed by atoms with Crippen molar-refractivity contribution in [2.75, 3.05) is 11.9 Å². The topological polar surface area (TPSA) is 12.0 Å². The predicted molar refractivity (Wildman–Crippen MR) is 54.6 cm³/mol. The first-order chi connectivity index (χ1) is 5.86. The fourth-order valence-corrected chi connectivity index (χ4v) is 1.17. The first-order valence-corrected chi connectivity index (χ1v) is 4.69. The highest BCUT2D eigenvalue weighted by molar-refractivity contribution is 5.45. The molecule has 0 aromatic heterocycles. The van der Waals surface area contributed by atoms with Crippen molar-refractivity contribution < 1.29 is 0 Å². The highest BCUT2D eigenvalue weighted by Crippen LogP contribution is 2.10. The molecular weight excluding hydrogens is 146 g/mol. The van der Waals surface area contributed by atoms with Crippen LogP contribution >= 0.6 is 0 Å². The molecule has 0 fully saturated rings. The molecule has 0 unspecified atom stereocenters. The number of rotatable bonds is 4. The van der Waals surface area contributed by atoms with Crippen LogP contribution in [0, 0.1) is 0 Å². The zero-order valence-electron chi connectivity index (χ0n) is 7.93. The molecule has 0 saturated carbocycles. The second kappa shape index (κ2) is 4.81. The standard InChI is InChI=1S/C11H17N/c1-3-8-12-11-7-5-6-10(4-2)9-11/h5-7,9,12H,3-4,8H2,1-2H3. The molecule has 66 valence electrons. The van der Waals surface area contributed by atoms with Gasteiger partial charge in [-0.15, -0.1) is 0 Å². The third-order valence-corrected chi connectivity index (χ3v) is 1.91. The monoisotopic (exact) mass is 163 g/mol. The number of hydrogen-bond acceptors (Lipinski definition) is 1. The van der Waals surface area contributed by atoms with E-state index < -0.39 is 0 Å². The molecule has 0 atom stereocenters. The van der Waals surface area contributed by atoms with Gasteiger partial charge in [0.05, 0.1) is 0 Å². The summed E-state index contributed by atoms with van der Waals surface area (Å²) in [6.07, 6.45) is 2.29. The summed E-state index contributed by atoms with van der Waals surface area (Å²) in [6.45, 7) is 5.42. The Morgan fingerprint density at radius 1 is 1.25 bits per heavy atom. The van der Waals surface area contributed by atoms with Crippen molar-refractivity contribution in [3.05, 3.63) is 29.8 Å². The second-order valence-corrected chi connectivity index (χ2v) is 2.98. The van der Waals surface area contributed by atoms with Crippen LogP contribution in [0.5, 0.6) is 0 Å². The largest absolute Gasteiger partial charge is 0.385 e. The molecule has 12 heavy (non-hydrogen) atoms. The lowest BCUT2D eigenvalue weighted by atomic mass is 10.1. The van der Waals surface area contributed by atoms with Gasteiger partial charge in [0.25, 0.3) is 0 Å². The van der Waals surface area contributed by atoms with Gasteiger partial charge in [-0.2, -0.15) is 0 Å². The Morgan fingerprint density at radius 3 is 2.75 bits per heavy atom. The van der Waals surface area contributed by atoms with Gasteiger partial charge >= 0.3 is 0 Å². The molecule has 0 bridgehead atoms. The summed E-state index contributed by atoms with van der Waals surface area (Å²) >= 11 is 0. The summed E-state index contributed by atoms with van der Waals surface area (Å²) in [5.41, 5.74) is 2.65. The van der Waals surface area contributed by atoms with Gasteiger partial charge in [0.1, 0.15) is 0 Å². The average molecular weight is 163 g/mol. The fourth-order valence-electron chi connectivity index (χ4n) is 1.17. The van der Waals surface area contributed by atoms with Gasteiger partial charge in [-0.05, 0) is 30.5 Å². The number of benzene rings is 1. The van der Waals surface area contributed by atoms with Crippen molar-refractivity contribution in [3.63, 3.8) is 0 Å². The summed E-state index contributed by atoms with van der Waals surface area (Å²) in [4.78, 5) is 0. The van der Waals surface area contributed by atoms with Crippen molar-refractivity contribution in [2.45, 2.75) is 26.7 Å². The van der Waals surface area contributed by atoms with Crippen LogP contribution in [0.15, 0.2) is 24.3 Å². The Labute approximate surface area is 74.8 Å². The van der Waals surface area contributed by atoms with Crippen LogP contribution in [-0.4, -0.2) is 6.54 Å². The smallest absolute Gasteiger partial charge is 0.0342 e. The first-order valence-electron chi connectivity index (χ1n) is 4.69. The summed E-state index contributed by atoms with van der Waals surface area (Å²) in [6, 6.07) is 8.61. The SMILES string of the molecule is CCCNc1cccc(CC)c1. The van der Waals surface area contributed by atoms with E-state index in [1.165, 1.54) is 17.7 Å². The summed E-state index contributed by atoms with van der Waals surface area (Å²) in [7, 11) is 0. The number of anilines is 1. The second-order valence-electron chi connectivity index (χ2n) is 2.98. The molecule has 0 spiro atoms. The fraction of sp³-hybridized carbons (Fsp3) is 0.455. The zero-order chi connectivity index (χ0) is 8.81. The van der Waals surface area contributed by atoms with Gasteiger partial charge in [0.15, 0.2) is 0 Å². The van der Waals surface area contributed by atoms with E-state index in [2.05, 4.69) is 43.4 Å². The van der Waals surface area contributed by atoms with Crippen LogP contribution in [0.3, 0.4) is 0 Å². The van der Waals surface area contributed by atoms with Crippen LogP contribution in [0.4, 0.5) is 5.69 Å². The predicted octanol–water partition coefficient (Wildman–Crippen LogP) is 3.07. The normalized spacial score (nSPS) is 9.83. The van der Waals surface area contributed by atoms with E-state index in [1.807, 2.05) is 0 Å². The minimum atomic E-state index is 1.06. The molecule has 0 aliphatic carbocycles. The first kappa shape index (κ1) is 9.11. The van der Waals surface area contributed by atoms with E-state index >= 15 is 0 Å². The van der Waals surface area contributed by atoms with Gasteiger partial charge in [-0.1, -0.05) is 26.0 Å². The summed E-state index contributed by atoms with van der Waals surface area (Å²) in [5.74, 6) is 0. The Balaban J connectivity index is 2.60. The maximum Gasteiger partial charge on any atom is 0.0342 e. The van der Waals surface area contributed by atoms with Crippen molar-refractivity contribution in [1.82, 2.24) is 0 Å². The number of hydrogen-bond donors (Lipinski definition) is 1. The molecule has 0 amide bonds. The lowest BCUT2D eigenvalue weighted by molar-refractivity contribution is 0.978. The van der Waals surface area contributed by atoms with E-state index in [9.17, 15) is 0 Å². The minimum absolute atomic E-state index is 1.06. The number of nitrogens with one attached hydrogen (secondary N) is 1. The van der Waals surface area contributed by atoms with E-state index in [-0.39, 0.29) is 0 Å². The van der Waals surface area contributed by atoms with Crippen LogP contribution < -0.4 is 5.32 Å². The molecular formula is C11H17N. The maximum absolute atomic E-state index is 3.37. The zero-order valence-corrected chi connectivity index (χ0v) is 7.93. The highest BCUT2D eigenvalue weighted by Gasteiger charge is 1.91. The van der Waals surface area contributed by atoms with Gasteiger partial charge in [0, 0.05) is 12.2 Å². The summed E-state index contributed by atoms with van der Waals surface area (Å²) in [5, 5.41) is 3.37. The molecule has 0 aliphatic heterocycles. The molecule has 0 heterocycles. The van der Waals surface area contributed by atoms with Crippen LogP contribution in [0.25, 0.3) is 0 Å². The van der Waals surface area contributed by atoms with Crippen molar-refractivity contribution in [2.24, 2.45) is 0 Å².